The smallest absolute Gasteiger partial charge is 0.0934 e. The fourth-order valence-electron chi connectivity index (χ4n) is 2.92. The molecule has 1 aliphatic rings. The standard InChI is InChI=1S/C13H21NO/c1-2-11-3-5-13(7-11,10-14)8-12-4-6-15-9-12/h4,6,9,11H,2-3,5,7-8,10,14H2,1H3. The molecule has 0 spiro atoms. The zero-order chi connectivity index (χ0) is 10.7. The minimum Gasteiger partial charge on any atom is -0.472 e. The normalized spacial score (nSPS) is 30.9. The molecule has 2 rings (SSSR count). The van der Waals surface area contributed by atoms with E-state index in [-0.39, 0.29) is 0 Å². The molecule has 0 saturated heterocycles. The van der Waals surface area contributed by atoms with Crippen LogP contribution in [0.25, 0.3) is 0 Å². The molecule has 2 N–H and O–H groups in total. The Morgan fingerprint density at radius 2 is 2.47 bits per heavy atom. The van der Waals surface area contributed by atoms with E-state index in [2.05, 4.69) is 13.0 Å². The van der Waals surface area contributed by atoms with Gasteiger partial charge in [-0.3, -0.25) is 0 Å². The third-order valence-corrected chi connectivity index (χ3v) is 3.97. The van der Waals surface area contributed by atoms with Gasteiger partial charge in [0.25, 0.3) is 0 Å². The van der Waals surface area contributed by atoms with Crippen LogP contribution in [-0.4, -0.2) is 6.54 Å². The Kier molecular flexibility index (Phi) is 3.15. The summed E-state index contributed by atoms with van der Waals surface area (Å²) in [4.78, 5) is 0. The highest BCUT2D eigenvalue weighted by atomic mass is 16.3. The van der Waals surface area contributed by atoms with Crippen LogP contribution in [0.5, 0.6) is 0 Å². The van der Waals surface area contributed by atoms with Gasteiger partial charge in [0, 0.05) is 0 Å². The lowest BCUT2D eigenvalue weighted by Crippen LogP contribution is -2.30. The molecule has 1 heterocycles. The number of rotatable bonds is 4. The van der Waals surface area contributed by atoms with Crippen LogP contribution >= 0.6 is 0 Å². The summed E-state index contributed by atoms with van der Waals surface area (Å²) in [6.07, 6.45) is 9.94. The average Bonchev–Trinajstić information content (AvgIpc) is 2.88. The van der Waals surface area contributed by atoms with Crippen LogP contribution in [0, 0.1) is 11.3 Å². The van der Waals surface area contributed by atoms with Gasteiger partial charge in [0.1, 0.15) is 0 Å². The summed E-state index contributed by atoms with van der Waals surface area (Å²) >= 11 is 0. The van der Waals surface area contributed by atoms with Crippen molar-refractivity contribution in [3.05, 3.63) is 24.2 Å². The maximum absolute atomic E-state index is 5.97. The third-order valence-electron chi connectivity index (χ3n) is 3.97. The van der Waals surface area contributed by atoms with E-state index in [1.807, 2.05) is 6.26 Å². The van der Waals surface area contributed by atoms with Gasteiger partial charge in [0.15, 0.2) is 0 Å². The number of hydrogen-bond acceptors (Lipinski definition) is 2. The maximum atomic E-state index is 5.97. The summed E-state index contributed by atoms with van der Waals surface area (Å²) in [5.41, 5.74) is 7.63. The molecule has 15 heavy (non-hydrogen) atoms. The molecule has 2 atom stereocenters. The second kappa shape index (κ2) is 4.40. The summed E-state index contributed by atoms with van der Waals surface area (Å²) < 4.78 is 5.13. The van der Waals surface area contributed by atoms with E-state index < -0.39 is 0 Å². The summed E-state index contributed by atoms with van der Waals surface area (Å²) in [7, 11) is 0. The first kappa shape index (κ1) is 10.7. The van der Waals surface area contributed by atoms with Crippen molar-refractivity contribution in [2.24, 2.45) is 17.1 Å². The molecule has 2 unspecified atom stereocenters. The molecule has 84 valence electrons. The molecule has 0 bridgehead atoms. The van der Waals surface area contributed by atoms with E-state index in [9.17, 15) is 0 Å². The molecule has 0 amide bonds. The molecule has 1 aromatic heterocycles. The van der Waals surface area contributed by atoms with Crippen molar-refractivity contribution < 1.29 is 4.42 Å². The molecule has 2 nitrogen and oxygen atoms in total. The minimum atomic E-state index is 0.352. The Morgan fingerprint density at radius 3 is 3.00 bits per heavy atom. The van der Waals surface area contributed by atoms with E-state index in [1.165, 1.54) is 31.2 Å². The zero-order valence-corrected chi connectivity index (χ0v) is 9.54. The fourth-order valence-corrected chi connectivity index (χ4v) is 2.92. The first-order chi connectivity index (χ1) is 7.28. The molecule has 1 aliphatic carbocycles. The lowest BCUT2D eigenvalue weighted by molar-refractivity contribution is 0.290. The summed E-state index contributed by atoms with van der Waals surface area (Å²) in [6.45, 7) is 3.10. The van der Waals surface area contributed by atoms with Gasteiger partial charge in [0.05, 0.1) is 12.5 Å². The predicted molar refractivity (Wildman–Crippen MR) is 61.5 cm³/mol. The Hall–Kier alpha value is -0.760. The highest BCUT2D eigenvalue weighted by Crippen LogP contribution is 2.44. The quantitative estimate of drug-likeness (QED) is 0.824. The fraction of sp³-hybridized carbons (Fsp3) is 0.692. The second-order valence-corrected chi connectivity index (χ2v) is 5.03. The Balaban J connectivity index is 2.03. The number of nitrogens with two attached hydrogens (primary N) is 1. The molecular formula is C13H21NO. The Morgan fingerprint density at radius 1 is 1.60 bits per heavy atom. The van der Waals surface area contributed by atoms with Crippen LogP contribution in [0.15, 0.2) is 23.0 Å². The number of furan rings is 1. The molecule has 0 aliphatic heterocycles. The highest BCUT2D eigenvalue weighted by molar-refractivity contribution is 5.10. The van der Waals surface area contributed by atoms with Crippen molar-refractivity contribution in [3.8, 4) is 0 Å². The van der Waals surface area contributed by atoms with Gasteiger partial charge in [-0.05, 0) is 55.2 Å². The topological polar surface area (TPSA) is 39.2 Å². The average molecular weight is 207 g/mol. The van der Waals surface area contributed by atoms with E-state index >= 15 is 0 Å². The van der Waals surface area contributed by atoms with Crippen LogP contribution in [0.1, 0.15) is 38.2 Å². The molecule has 1 saturated carbocycles. The van der Waals surface area contributed by atoms with Crippen molar-refractivity contribution in [2.75, 3.05) is 6.54 Å². The van der Waals surface area contributed by atoms with E-state index in [4.69, 9.17) is 10.2 Å². The van der Waals surface area contributed by atoms with E-state index in [0.717, 1.165) is 18.9 Å². The predicted octanol–water partition coefficient (Wildman–Crippen LogP) is 2.98. The zero-order valence-electron chi connectivity index (χ0n) is 9.54. The van der Waals surface area contributed by atoms with Crippen molar-refractivity contribution >= 4 is 0 Å². The van der Waals surface area contributed by atoms with Gasteiger partial charge in [0.2, 0.25) is 0 Å². The van der Waals surface area contributed by atoms with Crippen LogP contribution in [0.4, 0.5) is 0 Å². The van der Waals surface area contributed by atoms with Gasteiger partial charge in [-0.15, -0.1) is 0 Å². The van der Waals surface area contributed by atoms with Gasteiger partial charge in [-0.2, -0.15) is 0 Å². The van der Waals surface area contributed by atoms with Gasteiger partial charge in [-0.1, -0.05) is 13.3 Å². The Bertz CT molecular complexity index is 293. The highest BCUT2D eigenvalue weighted by Gasteiger charge is 2.37. The van der Waals surface area contributed by atoms with E-state index in [0.29, 0.717) is 5.41 Å². The van der Waals surface area contributed by atoms with Gasteiger partial charge >= 0.3 is 0 Å². The largest absolute Gasteiger partial charge is 0.472 e. The summed E-state index contributed by atoms with van der Waals surface area (Å²) in [6, 6.07) is 2.07. The van der Waals surface area contributed by atoms with Crippen LogP contribution in [-0.2, 0) is 6.42 Å². The first-order valence-corrected chi connectivity index (χ1v) is 5.99. The lowest BCUT2D eigenvalue weighted by Gasteiger charge is -2.27. The van der Waals surface area contributed by atoms with Crippen molar-refractivity contribution in [1.29, 1.82) is 0 Å². The lowest BCUT2D eigenvalue weighted by atomic mass is 9.80. The van der Waals surface area contributed by atoms with Crippen molar-refractivity contribution in [3.63, 3.8) is 0 Å². The SMILES string of the molecule is CCC1CCC(CN)(Cc2ccoc2)C1. The molecule has 0 radical (unpaired) electrons. The van der Waals surface area contributed by atoms with Crippen molar-refractivity contribution in [2.45, 2.75) is 39.0 Å². The van der Waals surface area contributed by atoms with Gasteiger partial charge < -0.3 is 10.2 Å². The van der Waals surface area contributed by atoms with E-state index in [1.54, 1.807) is 6.26 Å². The Labute approximate surface area is 91.8 Å². The first-order valence-electron chi connectivity index (χ1n) is 5.99. The van der Waals surface area contributed by atoms with Gasteiger partial charge in [-0.25, -0.2) is 0 Å². The summed E-state index contributed by atoms with van der Waals surface area (Å²) in [5, 5.41) is 0. The maximum Gasteiger partial charge on any atom is 0.0934 e. The van der Waals surface area contributed by atoms with Crippen LogP contribution in [0.2, 0.25) is 0 Å². The second-order valence-electron chi connectivity index (χ2n) is 5.03. The minimum absolute atomic E-state index is 0.352. The molecular weight excluding hydrogens is 186 g/mol. The molecule has 1 fully saturated rings. The summed E-state index contributed by atoms with van der Waals surface area (Å²) in [5.74, 6) is 0.889. The third kappa shape index (κ3) is 2.25. The van der Waals surface area contributed by atoms with Crippen LogP contribution in [0.3, 0.4) is 0 Å². The van der Waals surface area contributed by atoms with Crippen LogP contribution < -0.4 is 5.73 Å². The van der Waals surface area contributed by atoms with Crippen molar-refractivity contribution in [1.82, 2.24) is 0 Å². The number of hydrogen-bond donors (Lipinski definition) is 1. The monoisotopic (exact) mass is 207 g/mol. The molecule has 0 aromatic carbocycles. The molecule has 2 heteroatoms. The molecule has 1 aromatic rings.